The first-order valence-corrected chi connectivity index (χ1v) is 6.28. The first kappa shape index (κ1) is 9.26. The molecule has 4 atom stereocenters. The molecule has 2 aliphatic carbocycles. The number of fused-ring (bicyclic) bond motifs is 5. The summed E-state index contributed by atoms with van der Waals surface area (Å²) in [6.45, 7) is 0. The molecule has 1 heterocycles. The minimum atomic E-state index is -0.111. The Hall–Kier alpha value is -0.795. The van der Waals surface area contributed by atoms with Gasteiger partial charge in [0.2, 0.25) is 0 Å². The Bertz CT molecular complexity index is 376. The molecule has 3 aliphatic rings. The van der Waals surface area contributed by atoms with Crippen LogP contribution < -0.4 is 5.46 Å². The fourth-order valence-electron chi connectivity index (χ4n) is 3.65. The van der Waals surface area contributed by atoms with E-state index in [-0.39, 0.29) is 7.12 Å². The zero-order valence-corrected chi connectivity index (χ0v) is 9.21. The highest BCUT2D eigenvalue weighted by atomic mass is 16.7. The van der Waals surface area contributed by atoms with Gasteiger partial charge in [0.05, 0.1) is 12.2 Å². The van der Waals surface area contributed by atoms with Crippen LogP contribution in [-0.4, -0.2) is 19.3 Å². The van der Waals surface area contributed by atoms with E-state index in [9.17, 15) is 0 Å². The van der Waals surface area contributed by atoms with Crippen LogP contribution in [0.25, 0.3) is 0 Å². The van der Waals surface area contributed by atoms with Gasteiger partial charge in [-0.3, -0.25) is 0 Å². The fraction of sp³-hybridized carbons (Fsp3) is 0.538. The fourth-order valence-corrected chi connectivity index (χ4v) is 3.65. The molecule has 3 heteroatoms. The lowest BCUT2D eigenvalue weighted by Crippen LogP contribution is -2.33. The Balaban J connectivity index is 1.59. The highest BCUT2D eigenvalue weighted by Crippen LogP contribution is 2.50. The lowest BCUT2D eigenvalue weighted by atomic mass is 9.79. The predicted octanol–water partition coefficient (Wildman–Crippen LogP) is 1.60. The van der Waals surface area contributed by atoms with Crippen molar-refractivity contribution in [2.45, 2.75) is 31.5 Å². The Labute approximate surface area is 96.1 Å². The summed E-state index contributed by atoms with van der Waals surface area (Å²) >= 11 is 0. The Morgan fingerprint density at radius 2 is 1.56 bits per heavy atom. The summed E-state index contributed by atoms with van der Waals surface area (Å²) in [6, 6.07) is 10.3. The van der Waals surface area contributed by atoms with Crippen molar-refractivity contribution in [3.63, 3.8) is 0 Å². The average Bonchev–Trinajstić information content (AvgIpc) is 3.02. The third kappa shape index (κ3) is 1.22. The number of hydrogen-bond donors (Lipinski definition) is 0. The first-order valence-electron chi connectivity index (χ1n) is 6.28. The molecule has 1 aromatic carbocycles. The molecule has 4 rings (SSSR count). The van der Waals surface area contributed by atoms with Crippen molar-refractivity contribution in [1.82, 2.24) is 0 Å². The van der Waals surface area contributed by atoms with Crippen molar-refractivity contribution >= 4 is 12.6 Å². The number of hydrogen-bond acceptors (Lipinski definition) is 2. The van der Waals surface area contributed by atoms with Crippen molar-refractivity contribution < 1.29 is 9.31 Å². The second-order valence-electron chi connectivity index (χ2n) is 5.28. The van der Waals surface area contributed by atoms with Crippen LogP contribution in [-0.2, 0) is 9.31 Å². The molecule has 1 aliphatic heterocycles. The molecule has 16 heavy (non-hydrogen) atoms. The number of rotatable bonds is 1. The van der Waals surface area contributed by atoms with Gasteiger partial charge in [-0.25, -0.2) is 0 Å². The van der Waals surface area contributed by atoms with Crippen LogP contribution in [0.3, 0.4) is 0 Å². The first-order chi connectivity index (χ1) is 7.92. The van der Waals surface area contributed by atoms with Crippen LogP contribution in [0.15, 0.2) is 30.3 Å². The molecule has 1 aromatic rings. The Morgan fingerprint density at radius 3 is 2.19 bits per heavy atom. The maximum Gasteiger partial charge on any atom is 0.494 e. The van der Waals surface area contributed by atoms with Crippen LogP contribution in [0.5, 0.6) is 0 Å². The van der Waals surface area contributed by atoms with Gasteiger partial charge in [-0.1, -0.05) is 30.3 Å². The second kappa shape index (κ2) is 3.35. The summed E-state index contributed by atoms with van der Waals surface area (Å²) in [5, 5.41) is 0. The molecule has 0 radical (unpaired) electrons. The molecule has 1 saturated heterocycles. The van der Waals surface area contributed by atoms with Gasteiger partial charge in [0, 0.05) is 0 Å². The van der Waals surface area contributed by atoms with Crippen LogP contribution in [0, 0.1) is 11.8 Å². The summed E-state index contributed by atoms with van der Waals surface area (Å²) in [7, 11) is -0.111. The second-order valence-corrected chi connectivity index (χ2v) is 5.28. The van der Waals surface area contributed by atoms with E-state index < -0.39 is 0 Å². The van der Waals surface area contributed by atoms with E-state index in [0.717, 1.165) is 17.3 Å². The van der Waals surface area contributed by atoms with Gasteiger partial charge in [-0.05, 0) is 36.6 Å². The molecule has 2 bridgehead atoms. The van der Waals surface area contributed by atoms with Gasteiger partial charge in [-0.15, -0.1) is 0 Å². The van der Waals surface area contributed by atoms with Gasteiger partial charge in [0.1, 0.15) is 0 Å². The highest BCUT2D eigenvalue weighted by Gasteiger charge is 2.55. The number of benzene rings is 1. The predicted molar refractivity (Wildman–Crippen MR) is 62.4 cm³/mol. The van der Waals surface area contributed by atoms with Gasteiger partial charge in [0.25, 0.3) is 0 Å². The standard InChI is InChI=1S/C13H15BO2/c1-2-4-11(5-3-1)14-15-12-9-6-7-10(8-9)13(12)16-14/h1-5,9-10,12-13H,6-8H2/t9-,10?,12?,13+/m0/s1. The van der Waals surface area contributed by atoms with Gasteiger partial charge in [0.15, 0.2) is 0 Å². The van der Waals surface area contributed by atoms with Crippen LogP contribution in [0.2, 0.25) is 0 Å². The monoisotopic (exact) mass is 214 g/mol. The lowest BCUT2D eigenvalue weighted by molar-refractivity contribution is 0.100. The SMILES string of the molecule is c1ccc(B2OC3[C@H]4CCC(C4)[C@H]3O2)cc1. The van der Waals surface area contributed by atoms with Crippen molar-refractivity contribution in [2.24, 2.45) is 11.8 Å². The zero-order chi connectivity index (χ0) is 10.5. The van der Waals surface area contributed by atoms with Crippen molar-refractivity contribution in [1.29, 1.82) is 0 Å². The topological polar surface area (TPSA) is 18.5 Å². The summed E-state index contributed by atoms with van der Waals surface area (Å²) in [5.74, 6) is 1.53. The van der Waals surface area contributed by atoms with Crippen molar-refractivity contribution in [2.75, 3.05) is 0 Å². The van der Waals surface area contributed by atoms with Crippen LogP contribution in [0.4, 0.5) is 0 Å². The highest BCUT2D eigenvalue weighted by molar-refractivity contribution is 6.61. The van der Waals surface area contributed by atoms with E-state index in [1.807, 2.05) is 18.2 Å². The molecule has 3 fully saturated rings. The third-order valence-electron chi connectivity index (χ3n) is 4.40. The molecule has 0 spiro atoms. The molecule has 0 amide bonds. The van der Waals surface area contributed by atoms with E-state index in [0.29, 0.717) is 12.2 Å². The van der Waals surface area contributed by atoms with E-state index >= 15 is 0 Å². The minimum Gasteiger partial charge on any atom is -0.402 e. The van der Waals surface area contributed by atoms with Gasteiger partial charge >= 0.3 is 7.12 Å². The Kier molecular flexibility index (Phi) is 1.94. The largest absolute Gasteiger partial charge is 0.494 e. The molecule has 0 aromatic heterocycles. The molecule has 0 N–H and O–H groups in total. The van der Waals surface area contributed by atoms with Crippen molar-refractivity contribution in [3.05, 3.63) is 30.3 Å². The lowest BCUT2D eigenvalue weighted by Gasteiger charge is -2.22. The summed E-state index contributed by atoms with van der Waals surface area (Å²) < 4.78 is 12.2. The average molecular weight is 214 g/mol. The maximum absolute atomic E-state index is 6.08. The molecule has 2 saturated carbocycles. The molecular weight excluding hydrogens is 199 g/mol. The third-order valence-corrected chi connectivity index (χ3v) is 4.40. The maximum atomic E-state index is 6.08. The Morgan fingerprint density at radius 1 is 0.938 bits per heavy atom. The van der Waals surface area contributed by atoms with E-state index in [1.54, 1.807) is 0 Å². The van der Waals surface area contributed by atoms with Gasteiger partial charge < -0.3 is 9.31 Å². The normalized spacial score (nSPS) is 40.4. The molecule has 2 nitrogen and oxygen atoms in total. The van der Waals surface area contributed by atoms with E-state index in [4.69, 9.17) is 9.31 Å². The summed E-state index contributed by atoms with van der Waals surface area (Å²) in [4.78, 5) is 0. The quantitative estimate of drug-likeness (QED) is 0.661. The van der Waals surface area contributed by atoms with Crippen molar-refractivity contribution in [3.8, 4) is 0 Å². The summed E-state index contributed by atoms with van der Waals surface area (Å²) in [6.07, 6.45) is 4.78. The minimum absolute atomic E-state index is 0.111. The van der Waals surface area contributed by atoms with Gasteiger partial charge in [-0.2, -0.15) is 0 Å². The molecule has 2 unspecified atom stereocenters. The molecular formula is C13H15BO2. The molecule has 82 valence electrons. The van der Waals surface area contributed by atoms with E-state index in [2.05, 4.69) is 12.1 Å². The van der Waals surface area contributed by atoms with E-state index in [1.165, 1.54) is 19.3 Å². The van der Waals surface area contributed by atoms with Crippen LogP contribution >= 0.6 is 0 Å². The van der Waals surface area contributed by atoms with Crippen LogP contribution in [0.1, 0.15) is 19.3 Å². The smallest absolute Gasteiger partial charge is 0.402 e. The zero-order valence-electron chi connectivity index (χ0n) is 9.21. The summed E-state index contributed by atoms with van der Waals surface area (Å²) in [5.41, 5.74) is 1.16.